The van der Waals surface area contributed by atoms with Crippen molar-refractivity contribution in [2.24, 2.45) is 17.8 Å². The second kappa shape index (κ2) is 5.12. The third-order valence-corrected chi connectivity index (χ3v) is 5.60. The molecule has 2 aliphatic carbocycles. The van der Waals surface area contributed by atoms with Crippen LogP contribution in [0.3, 0.4) is 0 Å². The lowest BCUT2D eigenvalue weighted by Crippen LogP contribution is -2.28. The van der Waals surface area contributed by atoms with Gasteiger partial charge in [-0.05, 0) is 37.0 Å². The maximum Gasteiger partial charge on any atom is 0.309 e. The monoisotopic (exact) mass is 280 g/mol. The van der Waals surface area contributed by atoms with Gasteiger partial charge in [-0.2, -0.15) is 0 Å². The predicted molar refractivity (Wildman–Crippen MR) is 75.7 cm³/mol. The molecule has 19 heavy (non-hydrogen) atoms. The standard InChI is InChI=1S/C14H20N2O2S/c1-16(7-11-5-9-2-3-10(11)4-9)14-15-12(8-19-14)6-13(17)18/h8-11H,2-7H2,1H3,(H,17,18). The molecular formula is C14H20N2O2S. The first kappa shape index (κ1) is 12.9. The van der Waals surface area contributed by atoms with Crippen molar-refractivity contribution in [3.8, 4) is 0 Å². The fourth-order valence-corrected chi connectivity index (χ4v) is 4.54. The molecule has 3 unspecified atom stereocenters. The molecule has 104 valence electrons. The van der Waals surface area contributed by atoms with E-state index in [0.29, 0.717) is 5.69 Å². The second-order valence-corrected chi connectivity index (χ2v) is 6.84. The van der Waals surface area contributed by atoms with E-state index in [4.69, 9.17) is 5.11 Å². The highest BCUT2D eigenvalue weighted by Gasteiger charge is 2.39. The van der Waals surface area contributed by atoms with Gasteiger partial charge in [0.2, 0.25) is 0 Å². The summed E-state index contributed by atoms with van der Waals surface area (Å²) in [6, 6.07) is 0. The number of carboxylic acid groups (broad SMARTS) is 1. The summed E-state index contributed by atoms with van der Waals surface area (Å²) in [6.07, 6.45) is 5.68. The van der Waals surface area contributed by atoms with Gasteiger partial charge < -0.3 is 10.0 Å². The number of rotatable bonds is 5. The van der Waals surface area contributed by atoms with Crippen molar-refractivity contribution in [3.63, 3.8) is 0 Å². The van der Waals surface area contributed by atoms with Crippen LogP contribution >= 0.6 is 11.3 Å². The topological polar surface area (TPSA) is 53.4 Å². The Morgan fingerprint density at radius 1 is 1.53 bits per heavy atom. The normalized spacial score (nSPS) is 28.8. The SMILES string of the molecule is CN(CC1CC2CCC1C2)c1nc(CC(=O)O)cs1. The van der Waals surface area contributed by atoms with Gasteiger partial charge in [0.15, 0.2) is 5.13 Å². The Morgan fingerprint density at radius 3 is 3.00 bits per heavy atom. The van der Waals surface area contributed by atoms with Gasteiger partial charge in [0.05, 0.1) is 12.1 Å². The summed E-state index contributed by atoms with van der Waals surface area (Å²) in [6.45, 7) is 1.07. The van der Waals surface area contributed by atoms with Gasteiger partial charge in [0.1, 0.15) is 0 Å². The van der Waals surface area contributed by atoms with Gasteiger partial charge in [0, 0.05) is 19.0 Å². The molecule has 3 atom stereocenters. The molecule has 2 aliphatic rings. The molecule has 2 saturated carbocycles. The van der Waals surface area contributed by atoms with Gasteiger partial charge in [-0.3, -0.25) is 4.79 Å². The van der Waals surface area contributed by atoms with E-state index in [2.05, 4.69) is 16.9 Å². The van der Waals surface area contributed by atoms with Crippen molar-refractivity contribution in [1.82, 2.24) is 4.98 Å². The molecule has 0 amide bonds. The minimum Gasteiger partial charge on any atom is -0.481 e. The number of carboxylic acids is 1. The highest BCUT2D eigenvalue weighted by molar-refractivity contribution is 7.13. The summed E-state index contributed by atoms with van der Waals surface area (Å²) in [5.74, 6) is 1.90. The number of hydrogen-bond acceptors (Lipinski definition) is 4. The first-order chi connectivity index (χ1) is 9.11. The Kier molecular flexibility index (Phi) is 3.48. The third kappa shape index (κ3) is 2.76. The molecule has 0 aliphatic heterocycles. The number of aliphatic carboxylic acids is 1. The first-order valence-corrected chi connectivity index (χ1v) is 7.87. The molecule has 1 aromatic rings. The maximum absolute atomic E-state index is 10.7. The van der Waals surface area contributed by atoms with Crippen molar-refractivity contribution in [2.45, 2.75) is 32.1 Å². The molecule has 0 saturated heterocycles. The molecule has 0 radical (unpaired) electrons. The largest absolute Gasteiger partial charge is 0.481 e. The maximum atomic E-state index is 10.7. The number of anilines is 1. The van der Waals surface area contributed by atoms with Gasteiger partial charge >= 0.3 is 5.97 Å². The van der Waals surface area contributed by atoms with E-state index in [-0.39, 0.29) is 6.42 Å². The summed E-state index contributed by atoms with van der Waals surface area (Å²) in [5.41, 5.74) is 0.673. The Labute approximate surface area is 117 Å². The summed E-state index contributed by atoms with van der Waals surface area (Å²) in [5, 5.41) is 11.6. The molecule has 2 fully saturated rings. The molecular weight excluding hydrogens is 260 g/mol. The van der Waals surface area contributed by atoms with Crippen LogP contribution in [0.25, 0.3) is 0 Å². The van der Waals surface area contributed by atoms with Crippen LogP contribution in [0, 0.1) is 17.8 Å². The molecule has 4 nitrogen and oxygen atoms in total. The third-order valence-electron chi connectivity index (χ3n) is 4.59. The molecule has 1 N–H and O–H groups in total. The second-order valence-electron chi connectivity index (χ2n) is 6.01. The van der Waals surface area contributed by atoms with Gasteiger partial charge in [-0.1, -0.05) is 6.42 Å². The Morgan fingerprint density at radius 2 is 2.37 bits per heavy atom. The molecule has 0 aromatic carbocycles. The average Bonchev–Trinajstić information content (AvgIpc) is 3.03. The zero-order valence-electron chi connectivity index (χ0n) is 11.2. The number of thiazole rings is 1. The van der Waals surface area contributed by atoms with E-state index < -0.39 is 5.97 Å². The minimum atomic E-state index is -0.812. The van der Waals surface area contributed by atoms with Crippen molar-refractivity contribution >= 4 is 22.4 Å². The quantitative estimate of drug-likeness (QED) is 0.901. The van der Waals surface area contributed by atoms with E-state index in [1.54, 1.807) is 11.3 Å². The predicted octanol–water partition coefficient (Wildman–Crippen LogP) is 2.64. The number of nitrogens with zero attached hydrogens (tertiary/aromatic N) is 2. The van der Waals surface area contributed by atoms with Crippen LogP contribution in [-0.4, -0.2) is 29.7 Å². The molecule has 1 heterocycles. The lowest BCUT2D eigenvalue weighted by atomic mass is 9.88. The van der Waals surface area contributed by atoms with Crippen LogP contribution in [0.15, 0.2) is 5.38 Å². The summed E-state index contributed by atoms with van der Waals surface area (Å²) >= 11 is 1.55. The van der Waals surface area contributed by atoms with Crippen LogP contribution < -0.4 is 4.90 Å². The number of aromatic nitrogens is 1. The van der Waals surface area contributed by atoms with Crippen LogP contribution in [0.4, 0.5) is 5.13 Å². The van der Waals surface area contributed by atoms with E-state index in [1.807, 2.05) is 5.38 Å². The van der Waals surface area contributed by atoms with Crippen LogP contribution in [0.1, 0.15) is 31.4 Å². The summed E-state index contributed by atoms with van der Waals surface area (Å²) < 4.78 is 0. The fraction of sp³-hybridized carbons (Fsp3) is 0.714. The van der Waals surface area contributed by atoms with E-state index in [9.17, 15) is 4.79 Å². The van der Waals surface area contributed by atoms with Gasteiger partial charge in [-0.15, -0.1) is 11.3 Å². The summed E-state index contributed by atoms with van der Waals surface area (Å²) in [4.78, 5) is 17.3. The van der Waals surface area contributed by atoms with Crippen LogP contribution in [0.5, 0.6) is 0 Å². The molecule has 5 heteroatoms. The van der Waals surface area contributed by atoms with Crippen molar-refractivity contribution in [3.05, 3.63) is 11.1 Å². The van der Waals surface area contributed by atoms with Gasteiger partial charge in [-0.25, -0.2) is 4.98 Å². The smallest absolute Gasteiger partial charge is 0.309 e. The first-order valence-electron chi connectivity index (χ1n) is 6.99. The lowest BCUT2D eigenvalue weighted by molar-refractivity contribution is -0.136. The summed E-state index contributed by atoms with van der Waals surface area (Å²) in [7, 11) is 2.08. The lowest BCUT2D eigenvalue weighted by Gasteiger charge is -2.26. The molecule has 0 spiro atoms. The van der Waals surface area contributed by atoms with E-state index in [0.717, 1.165) is 29.4 Å². The Bertz CT molecular complexity index is 474. The fourth-order valence-electron chi connectivity index (χ4n) is 3.74. The van der Waals surface area contributed by atoms with Gasteiger partial charge in [0.25, 0.3) is 0 Å². The van der Waals surface area contributed by atoms with E-state index >= 15 is 0 Å². The minimum absolute atomic E-state index is 0.0263. The van der Waals surface area contributed by atoms with E-state index in [1.165, 1.54) is 25.7 Å². The highest BCUT2D eigenvalue weighted by atomic mass is 32.1. The van der Waals surface area contributed by atoms with Crippen molar-refractivity contribution < 1.29 is 9.90 Å². The molecule has 2 bridgehead atoms. The average molecular weight is 280 g/mol. The zero-order chi connectivity index (χ0) is 13.4. The Balaban J connectivity index is 1.59. The van der Waals surface area contributed by atoms with Crippen molar-refractivity contribution in [2.75, 3.05) is 18.5 Å². The zero-order valence-corrected chi connectivity index (χ0v) is 12.0. The van der Waals surface area contributed by atoms with Crippen molar-refractivity contribution in [1.29, 1.82) is 0 Å². The number of carbonyl (C=O) groups is 1. The number of hydrogen-bond donors (Lipinski definition) is 1. The van der Waals surface area contributed by atoms with Crippen LogP contribution in [0.2, 0.25) is 0 Å². The molecule has 3 rings (SSSR count). The van der Waals surface area contributed by atoms with Crippen LogP contribution in [-0.2, 0) is 11.2 Å². The molecule has 1 aromatic heterocycles. The highest BCUT2D eigenvalue weighted by Crippen LogP contribution is 2.48. The number of fused-ring (bicyclic) bond motifs is 2. The Hall–Kier alpha value is -1.10.